The molecule has 9 aromatic rings. The molecule has 0 aliphatic rings. The molecule has 0 spiro atoms. The Morgan fingerprint density at radius 2 is 1.02 bits per heavy atom. The van der Waals surface area contributed by atoms with E-state index in [4.69, 9.17) is 13.7 Å². The van der Waals surface area contributed by atoms with E-state index in [-0.39, 0.29) is 11.6 Å². The number of nitrogens with zero attached hydrogens (tertiary/aromatic N) is 3. The maximum absolute atomic E-state index is 15.2. The van der Waals surface area contributed by atoms with Crippen LogP contribution < -0.4 is 0 Å². The Morgan fingerprint density at radius 3 is 1.53 bits per heavy atom. The lowest BCUT2D eigenvalue weighted by Gasteiger charge is -2.07. The van der Waals surface area contributed by atoms with Gasteiger partial charge in [-0.05, 0) is 66.8 Å². The molecule has 0 aliphatic carbocycles. The Labute approximate surface area is 313 Å². The fourth-order valence-electron chi connectivity index (χ4n) is 6.95. The first kappa shape index (κ1) is 33.0. The molecule has 0 amide bonds. The van der Waals surface area contributed by atoms with Crippen molar-refractivity contribution in [3.63, 3.8) is 0 Å². The Morgan fingerprint density at radius 1 is 0.549 bits per heavy atom. The second-order valence-electron chi connectivity index (χ2n) is 12.9. The second kappa shape index (κ2) is 13.3. The van der Waals surface area contributed by atoms with Crippen molar-refractivity contribution in [1.29, 1.82) is 0 Å². The van der Waals surface area contributed by atoms with Gasteiger partial charge in [-0.2, -0.15) is 8.75 Å². The molecule has 6 aromatic heterocycles. The predicted octanol–water partition coefficient (Wildman–Crippen LogP) is 13.9. The summed E-state index contributed by atoms with van der Waals surface area (Å²) in [6.07, 6.45) is 5.54. The van der Waals surface area contributed by atoms with Crippen molar-refractivity contribution in [2.45, 2.75) is 59.3 Å². The van der Waals surface area contributed by atoms with E-state index < -0.39 is 0 Å². The fraction of sp³-hybridized carbons (Fsp3) is 0.225. The molecule has 0 bridgehead atoms. The van der Waals surface area contributed by atoms with Gasteiger partial charge in [0.25, 0.3) is 0 Å². The summed E-state index contributed by atoms with van der Waals surface area (Å²) < 4.78 is 44.5. The van der Waals surface area contributed by atoms with Crippen LogP contribution in [0.5, 0.6) is 0 Å². The maximum atomic E-state index is 15.2. The average molecular weight is 767 g/mol. The minimum Gasteiger partial charge on any atom is -0.341 e. The number of benzene rings is 3. The zero-order valence-electron chi connectivity index (χ0n) is 28.2. The van der Waals surface area contributed by atoms with Crippen molar-refractivity contribution in [3.8, 4) is 41.8 Å². The van der Waals surface area contributed by atoms with Gasteiger partial charge in [-0.25, -0.2) is 13.8 Å². The van der Waals surface area contributed by atoms with E-state index in [9.17, 15) is 0 Å². The minimum atomic E-state index is -0.166. The molecule has 1 N–H and O–H groups in total. The highest BCUT2D eigenvalue weighted by atomic mass is 32.1. The molecule has 0 unspecified atom stereocenters. The van der Waals surface area contributed by atoms with Gasteiger partial charge < -0.3 is 4.98 Å². The number of imidazole rings is 1. The average Bonchev–Trinajstić information content (AvgIpc) is 3.94. The van der Waals surface area contributed by atoms with E-state index in [2.05, 4.69) is 50.0 Å². The van der Waals surface area contributed by atoms with Crippen molar-refractivity contribution in [2.75, 3.05) is 0 Å². The topological polar surface area (TPSA) is 54.5 Å². The van der Waals surface area contributed by atoms with Gasteiger partial charge in [-0.1, -0.05) is 57.9 Å². The molecule has 4 nitrogen and oxygen atoms in total. The van der Waals surface area contributed by atoms with E-state index in [0.29, 0.717) is 11.1 Å². The first-order valence-electron chi connectivity index (χ1n) is 17.2. The molecule has 256 valence electrons. The van der Waals surface area contributed by atoms with Crippen LogP contribution in [0, 0.1) is 11.6 Å². The number of aryl methyl sites for hydroxylation is 3. The SMILES string of the molecule is CCCc1ccc(-c2cc3sc(-c4c5nsnc5c(-c5cc6sc(-c7ccc(CCC)cc7F)cc6s5)c5[nH]c(CCC)nc45)cc3s2)c(F)c1. The van der Waals surface area contributed by atoms with Crippen molar-refractivity contribution in [3.05, 3.63) is 89.2 Å². The number of halogens is 2. The quantitative estimate of drug-likeness (QED) is 0.151. The monoisotopic (exact) mass is 766 g/mol. The van der Waals surface area contributed by atoms with Gasteiger partial charge in [0.1, 0.15) is 34.0 Å². The molecule has 9 rings (SSSR count). The third-order valence-corrected chi connectivity index (χ3v) is 14.5. The number of H-pyrrole nitrogens is 1. The molecule has 0 aliphatic heterocycles. The standard InChI is InChI=1S/C40H32F2N4S5/c1-4-7-20-10-12-22(24(41)14-20)26-16-28-30(47-26)18-32(49-28)35-37-38(44-34(43-37)9-6-3)36(40-39(35)45-51-46-40)33-19-31-29(50-33)17-27(48-31)23-13-11-21(8-5-2)15-25(23)42/h10-19H,4-9H2,1-3H3,(H,43,44). The third kappa shape index (κ3) is 5.74. The summed E-state index contributed by atoms with van der Waals surface area (Å²) >= 11 is 7.85. The maximum Gasteiger partial charge on any atom is 0.132 e. The van der Waals surface area contributed by atoms with E-state index in [1.54, 1.807) is 57.5 Å². The van der Waals surface area contributed by atoms with Crippen LogP contribution in [-0.2, 0) is 19.3 Å². The molecule has 11 heteroatoms. The lowest BCUT2D eigenvalue weighted by molar-refractivity contribution is 0.628. The van der Waals surface area contributed by atoms with Crippen molar-refractivity contribution < 1.29 is 8.78 Å². The molecule has 0 saturated carbocycles. The van der Waals surface area contributed by atoms with Crippen LogP contribution in [0.2, 0.25) is 0 Å². The van der Waals surface area contributed by atoms with Crippen molar-refractivity contribution >= 4 is 97.9 Å². The normalized spacial score (nSPS) is 12.1. The van der Waals surface area contributed by atoms with Gasteiger partial charge >= 0.3 is 0 Å². The van der Waals surface area contributed by atoms with Crippen LogP contribution in [-0.4, -0.2) is 18.7 Å². The summed E-state index contributed by atoms with van der Waals surface area (Å²) in [4.78, 5) is 12.9. The number of hydrogen-bond acceptors (Lipinski definition) is 8. The highest BCUT2D eigenvalue weighted by Gasteiger charge is 2.26. The second-order valence-corrected chi connectivity index (χ2v) is 17.8. The summed E-state index contributed by atoms with van der Waals surface area (Å²) in [6, 6.07) is 19.9. The molecule has 3 aromatic carbocycles. The molecule has 0 fully saturated rings. The molecule has 0 atom stereocenters. The smallest absolute Gasteiger partial charge is 0.132 e. The molecular weight excluding hydrogens is 735 g/mol. The van der Waals surface area contributed by atoms with Gasteiger partial charge in [0, 0.05) is 67.0 Å². The number of nitrogens with one attached hydrogen (secondary N) is 1. The van der Waals surface area contributed by atoms with Crippen LogP contribution in [0.25, 0.3) is 82.6 Å². The summed E-state index contributed by atoms with van der Waals surface area (Å²) in [6.45, 7) is 6.38. The van der Waals surface area contributed by atoms with Gasteiger partial charge in [-0.3, -0.25) is 0 Å². The van der Waals surface area contributed by atoms with Gasteiger partial charge in [0.15, 0.2) is 0 Å². The highest BCUT2D eigenvalue weighted by molar-refractivity contribution is 7.31. The summed E-state index contributed by atoms with van der Waals surface area (Å²) in [5.74, 6) is 0.610. The van der Waals surface area contributed by atoms with Crippen LogP contribution in [0.15, 0.2) is 60.7 Å². The van der Waals surface area contributed by atoms with Crippen molar-refractivity contribution in [1.82, 2.24) is 18.7 Å². The Balaban J connectivity index is 1.14. The first-order chi connectivity index (χ1) is 24.9. The molecule has 6 heterocycles. The Hall–Kier alpha value is -3.87. The van der Waals surface area contributed by atoms with Gasteiger partial charge in [0.05, 0.1) is 17.2 Å². The van der Waals surface area contributed by atoms with Crippen LogP contribution in [0.4, 0.5) is 8.78 Å². The van der Waals surface area contributed by atoms with Crippen LogP contribution >= 0.6 is 57.1 Å². The summed E-state index contributed by atoms with van der Waals surface area (Å²) in [7, 11) is 0. The lowest BCUT2D eigenvalue weighted by atomic mass is 10.0. The molecule has 0 saturated heterocycles. The highest BCUT2D eigenvalue weighted by Crippen LogP contribution is 2.50. The first-order valence-corrected chi connectivity index (χ1v) is 21.2. The Kier molecular flexibility index (Phi) is 8.59. The fourth-order valence-corrected chi connectivity index (χ4v) is 12.5. The van der Waals surface area contributed by atoms with E-state index in [0.717, 1.165) is 127 Å². The number of hydrogen-bond donors (Lipinski definition) is 1. The number of rotatable bonds is 10. The largest absolute Gasteiger partial charge is 0.341 e. The molecule has 51 heavy (non-hydrogen) atoms. The van der Waals surface area contributed by atoms with Gasteiger partial charge in [-0.15, -0.1) is 45.3 Å². The van der Waals surface area contributed by atoms with Crippen molar-refractivity contribution in [2.24, 2.45) is 0 Å². The van der Waals surface area contributed by atoms with Crippen LogP contribution in [0.3, 0.4) is 0 Å². The number of aromatic amines is 1. The predicted molar refractivity (Wildman–Crippen MR) is 217 cm³/mol. The van der Waals surface area contributed by atoms with E-state index >= 15 is 8.78 Å². The number of aromatic nitrogens is 4. The minimum absolute atomic E-state index is 0.165. The van der Waals surface area contributed by atoms with E-state index in [1.807, 2.05) is 24.3 Å². The molecule has 0 radical (unpaired) electrons. The number of thiophene rings is 4. The number of fused-ring (bicyclic) bond motifs is 4. The summed E-state index contributed by atoms with van der Waals surface area (Å²) in [5.41, 5.74) is 8.93. The van der Waals surface area contributed by atoms with Crippen LogP contribution in [0.1, 0.15) is 57.0 Å². The van der Waals surface area contributed by atoms with Gasteiger partial charge in [0.2, 0.25) is 0 Å². The third-order valence-electron chi connectivity index (χ3n) is 9.27. The Bertz CT molecular complexity index is 2500. The summed E-state index contributed by atoms with van der Waals surface area (Å²) in [5, 5.41) is 0. The molecular formula is C40H32F2N4S5. The zero-order chi connectivity index (χ0) is 34.8. The van der Waals surface area contributed by atoms with E-state index in [1.165, 1.54) is 11.7 Å². The zero-order valence-corrected chi connectivity index (χ0v) is 32.2. The lowest BCUT2D eigenvalue weighted by Crippen LogP contribution is -1.88.